The fraction of sp³-hybridized carbons (Fsp3) is 0. The molecule has 300 valence electrons. The molecular formula is C60H35N5. The second-order valence-electron chi connectivity index (χ2n) is 16.7. The third kappa shape index (κ3) is 5.44. The molecule has 0 saturated carbocycles. The number of aromatic nitrogens is 3. The van der Waals surface area contributed by atoms with Gasteiger partial charge in [-0.15, -0.1) is 0 Å². The SMILES string of the molecule is N#Cc1cc(-n2c3ccc(-n4c5ccccc5c5ccccc54)cc3c3c4ccccc4ccc32)cc(-n2c3ccc(-c4ccccc4)cc3c3cc(-c4ccccc4)ccc32)c1C#N. The van der Waals surface area contributed by atoms with Gasteiger partial charge in [0.05, 0.1) is 49.9 Å². The summed E-state index contributed by atoms with van der Waals surface area (Å²) >= 11 is 0. The summed E-state index contributed by atoms with van der Waals surface area (Å²) in [5, 5.41) is 31.0. The van der Waals surface area contributed by atoms with Crippen molar-refractivity contribution in [1.82, 2.24) is 13.7 Å². The first-order chi connectivity index (χ1) is 32.2. The average molecular weight is 826 g/mol. The fourth-order valence-electron chi connectivity index (χ4n) is 10.4. The van der Waals surface area contributed by atoms with Gasteiger partial charge in [0.2, 0.25) is 0 Å². The Kier molecular flexibility index (Phi) is 7.97. The number of nitriles is 2. The van der Waals surface area contributed by atoms with Crippen LogP contribution in [0.25, 0.3) is 116 Å². The lowest BCUT2D eigenvalue weighted by Gasteiger charge is -2.16. The van der Waals surface area contributed by atoms with Gasteiger partial charge in [-0.05, 0) is 106 Å². The Morgan fingerprint density at radius 3 is 1.43 bits per heavy atom. The van der Waals surface area contributed by atoms with Gasteiger partial charge < -0.3 is 13.7 Å². The molecule has 0 aliphatic heterocycles. The molecule has 5 nitrogen and oxygen atoms in total. The Labute approximate surface area is 373 Å². The second kappa shape index (κ2) is 14.2. The highest BCUT2D eigenvalue weighted by molar-refractivity contribution is 6.22. The Hall–Kier alpha value is -9.16. The molecule has 3 heterocycles. The van der Waals surface area contributed by atoms with Gasteiger partial charge in [0.25, 0.3) is 0 Å². The zero-order valence-corrected chi connectivity index (χ0v) is 34.9. The molecule has 0 spiro atoms. The van der Waals surface area contributed by atoms with Crippen molar-refractivity contribution in [1.29, 1.82) is 10.5 Å². The lowest BCUT2D eigenvalue weighted by atomic mass is 10.0. The summed E-state index contributed by atoms with van der Waals surface area (Å²) in [5.74, 6) is 0. The van der Waals surface area contributed by atoms with Gasteiger partial charge >= 0.3 is 0 Å². The molecule has 0 fully saturated rings. The number of hydrogen-bond acceptors (Lipinski definition) is 2. The van der Waals surface area contributed by atoms with E-state index in [1.54, 1.807) is 0 Å². The van der Waals surface area contributed by atoms with E-state index in [1.165, 1.54) is 10.8 Å². The van der Waals surface area contributed by atoms with Gasteiger partial charge in [-0.3, -0.25) is 0 Å². The van der Waals surface area contributed by atoms with Gasteiger partial charge in [-0.25, -0.2) is 0 Å². The molecule has 10 aromatic carbocycles. The molecule has 0 aliphatic rings. The summed E-state index contributed by atoms with van der Waals surface area (Å²) < 4.78 is 6.81. The average Bonchev–Trinajstić information content (AvgIpc) is 4.01. The minimum Gasteiger partial charge on any atom is -0.309 e. The number of nitrogens with zero attached hydrogens (tertiary/aromatic N) is 5. The van der Waals surface area contributed by atoms with Crippen LogP contribution in [0.1, 0.15) is 11.1 Å². The highest BCUT2D eigenvalue weighted by Gasteiger charge is 2.23. The molecule has 0 bridgehead atoms. The van der Waals surface area contributed by atoms with Crippen molar-refractivity contribution in [3.63, 3.8) is 0 Å². The van der Waals surface area contributed by atoms with Crippen LogP contribution in [-0.4, -0.2) is 13.7 Å². The van der Waals surface area contributed by atoms with Gasteiger partial charge in [0.15, 0.2) is 0 Å². The minimum atomic E-state index is 0.314. The number of rotatable bonds is 5. The molecule has 0 unspecified atom stereocenters. The van der Waals surface area contributed by atoms with Crippen LogP contribution in [0.2, 0.25) is 0 Å². The van der Waals surface area contributed by atoms with Crippen molar-refractivity contribution in [3.8, 4) is 51.5 Å². The van der Waals surface area contributed by atoms with Crippen LogP contribution in [0.3, 0.4) is 0 Å². The minimum absolute atomic E-state index is 0.314. The number of hydrogen-bond donors (Lipinski definition) is 0. The molecule has 5 heteroatoms. The Balaban J connectivity index is 1.10. The highest BCUT2D eigenvalue weighted by atomic mass is 15.0. The molecule has 0 atom stereocenters. The number of benzene rings is 10. The smallest absolute Gasteiger partial charge is 0.103 e. The van der Waals surface area contributed by atoms with Gasteiger partial charge in [-0.2, -0.15) is 10.5 Å². The maximum Gasteiger partial charge on any atom is 0.103 e. The lowest BCUT2D eigenvalue weighted by Crippen LogP contribution is -2.04. The van der Waals surface area contributed by atoms with Crippen molar-refractivity contribution >= 4 is 76.2 Å². The molecule has 0 aliphatic carbocycles. The van der Waals surface area contributed by atoms with Crippen LogP contribution in [-0.2, 0) is 0 Å². The van der Waals surface area contributed by atoms with E-state index >= 15 is 0 Å². The molecule has 13 aromatic rings. The van der Waals surface area contributed by atoms with Crippen LogP contribution >= 0.6 is 0 Å². The Bertz CT molecular complexity index is 4040. The van der Waals surface area contributed by atoms with E-state index in [-0.39, 0.29) is 0 Å². The van der Waals surface area contributed by atoms with Crippen LogP contribution in [0, 0.1) is 22.7 Å². The van der Waals surface area contributed by atoms with Gasteiger partial charge in [-0.1, -0.05) is 140 Å². The molecule has 13 rings (SSSR count). The summed E-state index contributed by atoms with van der Waals surface area (Å²) in [6.45, 7) is 0. The van der Waals surface area contributed by atoms with Crippen LogP contribution < -0.4 is 0 Å². The topological polar surface area (TPSA) is 62.4 Å². The number of fused-ring (bicyclic) bond motifs is 11. The van der Waals surface area contributed by atoms with E-state index in [0.717, 1.165) is 99.0 Å². The first-order valence-electron chi connectivity index (χ1n) is 21.8. The lowest BCUT2D eigenvalue weighted by molar-refractivity contribution is 1.12. The van der Waals surface area contributed by atoms with E-state index in [1.807, 2.05) is 18.2 Å². The summed E-state index contributed by atoms with van der Waals surface area (Å²) in [4.78, 5) is 0. The predicted octanol–water partition coefficient (Wildman–Crippen LogP) is 15.2. The number of para-hydroxylation sites is 2. The summed E-state index contributed by atoms with van der Waals surface area (Å²) in [6, 6.07) is 79.7. The van der Waals surface area contributed by atoms with Crippen LogP contribution in [0.5, 0.6) is 0 Å². The summed E-state index contributed by atoms with van der Waals surface area (Å²) in [7, 11) is 0. The molecule has 0 radical (unpaired) electrons. The summed E-state index contributed by atoms with van der Waals surface area (Å²) in [5.41, 5.74) is 13.8. The second-order valence-corrected chi connectivity index (χ2v) is 16.7. The van der Waals surface area contributed by atoms with Gasteiger partial charge in [0, 0.05) is 43.7 Å². The third-order valence-electron chi connectivity index (χ3n) is 13.3. The monoisotopic (exact) mass is 825 g/mol. The quantitative estimate of drug-likeness (QED) is 0.173. The van der Waals surface area contributed by atoms with Crippen LogP contribution in [0.15, 0.2) is 212 Å². The van der Waals surface area contributed by atoms with E-state index < -0.39 is 0 Å². The van der Waals surface area contributed by atoms with E-state index in [4.69, 9.17) is 0 Å². The Morgan fingerprint density at radius 1 is 0.308 bits per heavy atom. The first kappa shape index (κ1) is 36.5. The third-order valence-corrected chi connectivity index (χ3v) is 13.3. The van der Waals surface area contributed by atoms with E-state index in [0.29, 0.717) is 16.8 Å². The molecular weight excluding hydrogens is 791 g/mol. The standard InChI is InChI=1S/C60H35N5/c61-36-43-31-45(35-59(52(43)37-62)65-55-27-24-41(38-13-3-1-4-14-38)32-49(55)50-33-42(25-28-56(50)65)39-15-5-2-6-16-39)64-57-30-26-44(34-51(57)60-46-18-8-7-17-40(46)23-29-58(60)64)63-53-21-11-9-19-47(53)48-20-10-12-22-54(48)63/h1-35H. The Morgan fingerprint density at radius 2 is 0.815 bits per heavy atom. The maximum atomic E-state index is 11.0. The van der Waals surface area contributed by atoms with Crippen molar-refractivity contribution in [3.05, 3.63) is 223 Å². The molecule has 0 N–H and O–H groups in total. The molecule has 0 amide bonds. The molecule has 3 aromatic heterocycles. The predicted molar refractivity (Wildman–Crippen MR) is 267 cm³/mol. The fourth-order valence-corrected chi connectivity index (χ4v) is 10.4. The van der Waals surface area contributed by atoms with Crippen molar-refractivity contribution in [2.75, 3.05) is 0 Å². The summed E-state index contributed by atoms with van der Waals surface area (Å²) in [6.07, 6.45) is 0. The van der Waals surface area contributed by atoms with E-state index in [9.17, 15) is 10.5 Å². The van der Waals surface area contributed by atoms with Crippen molar-refractivity contribution < 1.29 is 0 Å². The first-order valence-corrected chi connectivity index (χ1v) is 21.8. The zero-order valence-electron chi connectivity index (χ0n) is 34.9. The maximum absolute atomic E-state index is 11.0. The van der Waals surface area contributed by atoms with E-state index in [2.05, 4.69) is 220 Å². The normalized spacial score (nSPS) is 11.7. The van der Waals surface area contributed by atoms with Crippen molar-refractivity contribution in [2.24, 2.45) is 0 Å². The van der Waals surface area contributed by atoms with Gasteiger partial charge in [0.1, 0.15) is 12.1 Å². The van der Waals surface area contributed by atoms with Crippen molar-refractivity contribution in [2.45, 2.75) is 0 Å². The highest BCUT2D eigenvalue weighted by Crippen LogP contribution is 2.43. The largest absolute Gasteiger partial charge is 0.309 e. The zero-order chi connectivity index (χ0) is 43.2. The van der Waals surface area contributed by atoms with Crippen LogP contribution in [0.4, 0.5) is 0 Å². The molecule has 0 saturated heterocycles. The molecule has 65 heavy (non-hydrogen) atoms.